The number of nitrogens with zero attached hydrogens (tertiary/aromatic N) is 2. The maximum Gasteiger partial charge on any atom is 0.232 e. The summed E-state index contributed by atoms with van der Waals surface area (Å²) in [5.41, 5.74) is 0. The Morgan fingerprint density at radius 3 is 2.84 bits per heavy atom. The van der Waals surface area contributed by atoms with Gasteiger partial charge in [0, 0.05) is 40.2 Å². The van der Waals surface area contributed by atoms with Crippen LogP contribution in [0.25, 0.3) is 0 Å². The maximum absolute atomic E-state index is 13.7. The van der Waals surface area contributed by atoms with E-state index in [9.17, 15) is 17.6 Å². The fourth-order valence-corrected chi connectivity index (χ4v) is 3.61. The van der Waals surface area contributed by atoms with E-state index in [0.717, 1.165) is 4.90 Å². The van der Waals surface area contributed by atoms with Gasteiger partial charge in [-0.15, -0.1) is 0 Å². The topological polar surface area (TPSA) is 67.3 Å². The number of rotatable bonds is 3. The summed E-state index contributed by atoms with van der Waals surface area (Å²) in [5, 5.41) is 0. The third kappa shape index (κ3) is 3.64. The van der Waals surface area contributed by atoms with E-state index in [1.54, 1.807) is 0 Å². The molecule has 19 heavy (non-hydrogen) atoms. The molecule has 1 aromatic rings. The average molecular weight is 372 g/mol. The van der Waals surface area contributed by atoms with E-state index in [2.05, 4.69) is 20.9 Å². The van der Waals surface area contributed by atoms with Gasteiger partial charge in [-0.05, 0) is 22.0 Å². The molecule has 0 bridgehead atoms. The summed E-state index contributed by atoms with van der Waals surface area (Å²) in [4.78, 5) is 16.8. The monoisotopic (exact) mass is 370 g/mol. The van der Waals surface area contributed by atoms with Crippen LogP contribution < -0.4 is 4.90 Å². The lowest BCUT2D eigenvalue weighted by molar-refractivity contribution is -0.117. The summed E-state index contributed by atoms with van der Waals surface area (Å²) in [6.07, 6.45) is 1.39. The van der Waals surface area contributed by atoms with Crippen LogP contribution in [0.5, 0.6) is 0 Å². The van der Waals surface area contributed by atoms with Crippen LogP contribution in [0.3, 0.4) is 0 Å². The van der Waals surface area contributed by atoms with Gasteiger partial charge in [0.05, 0.1) is 5.75 Å². The predicted molar refractivity (Wildman–Crippen MR) is 72.0 cm³/mol. The molecule has 1 amide bonds. The second-order valence-electron chi connectivity index (χ2n) is 4.24. The summed E-state index contributed by atoms with van der Waals surface area (Å²) >= 11 is 3.07. The molecule has 1 aliphatic rings. The van der Waals surface area contributed by atoms with Gasteiger partial charge >= 0.3 is 0 Å². The Morgan fingerprint density at radius 1 is 1.58 bits per heavy atom. The zero-order chi connectivity index (χ0) is 14.2. The van der Waals surface area contributed by atoms with E-state index in [-0.39, 0.29) is 30.4 Å². The molecule has 5 nitrogen and oxygen atoms in total. The molecule has 0 spiro atoms. The minimum absolute atomic E-state index is 0.0170. The largest absolute Gasteiger partial charge is 0.294 e. The molecule has 0 N–H and O–H groups in total. The molecule has 1 saturated heterocycles. The fraction of sp³-hybridized carbons (Fsp3) is 0.400. The Labute approximate surface area is 122 Å². The van der Waals surface area contributed by atoms with Crippen molar-refractivity contribution in [2.24, 2.45) is 5.92 Å². The first-order valence-corrected chi connectivity index (χ1v) is 8.57. The summed E-state index contributed by atoms with van der Waals surface area (Å²) in [6.45, 7) is 0.0936. The molecule has 1 aromatic heterocycles. The van der Waals surface area contributed by atoms with Crippen molar-refractivity contribution in [3.05, 3.63) is 22.6 Å². The standard InChI is InChI=1S/C10H9BrClFN2O3S/c11-7-2-8(13)10(14-3-7)15-4-6(1-9(15)16)5-19(12,17)18/h2-3,6H,1,4-5H2. The number of aromatic nitrogens is 1. The molecule has 2 rings (SSSR count). The van der Waals surface area contributed by atoms with Crippen molar-refractivity contribution in [3.8, 4) is 0 Å². The lowest BCUT2D eigenvalue weighted by atomic mass is 10.1. The molecular weight excluding hydrogens is 363 g/mol. The third-order valence-corrected chi connectivity index (χ3v) is 4.37. The fourth-order valence-electron chi connectivity index (χ4n) is 1.99. The molecule has 0 aromatic carbocycles. The molecule has 1 aliphatic heterocycles. The van der Waals surface area contributed by atoms with Gasteiger partial charge in [-0.1, -0.05) is 0 Å². The van der Waals surface area contributed by atoms with Crippen LogP contribution >= 0.6 is 26.6 Å². The second-order valence-corrected chi connectivity index (χ2v) is 7.98. The van der Waals surface area contributed by atoms with E-state index in [1.807, 2.05) is 0 Å². The average Bonchev–Trinajstić information content (AvgIpc) is 2.56. The van der Waals surface area contributed by atoms with Crippen LogP contribution in [0, 0.1) is 11.7 Å². The number of carbonyl (C=O) groups excluding carboxylic acids is 1. The van der Waals surface area contributed by atoms with Gasteiger partial charge in [0.1, 0.15) is 0 Å². The van der Waals surface area contributed by atoms with Gasteiger partial charge in [-0.2, -0.15) is 0 Å². The Morgan fingerprint density at radius 2 is 2.26 bits per heavy atom. The van der Waals surface area contributed by atoms with E-state index in [4.69, 9.17) is 10.7 Å². The zero-order valence-electron chi connectivity index (χ0n) is 9.51. The number of halogens is 3. The number of anilines is 1. The first-order valence-electron chi connectivity index (χ1n) is 5.30. The Kier molecular flexibility index (Phi) is 4.12. The zero-order valence-corrected chi connectivity index (χ0v) is 12.7. The molecule has 0 saturated carbocycles. The lowest BCUT2D eigenvalue weighted by Crippen LogP contribution is -2.27. The highest BCUT2D eigenvalue weighted by Crippen LogP contribution is 2.28. The number of hydrogen-bond acceptors (Lipinski definition) is 4. The van der Waals surface area contributed by atoms with Crippen LogP contribution in [0.2, 0.25) is 0 Å². The van der Waals surface area contributed by atoms with Crippen LogP contribution in [0.1, 0.15) is 6.42 Å². The van der Waals surface area contributed by atoms with E-state index in [0.29, 0.717) is 4.47 Å². The minimum atomic E-state index is -3.68. The van der Waals surface area contributed by atoms with Crippen molar-refractivity contribution in [2.75, 3.05) is 17.2 Å². The first kappa shape index (κ1) is 14.7. The molecule has 1 atom stereocenters. The highest BCUT2D eigenvalue weighted by Gasteiger charge is 2.35. The molecular formula is C10H9BrClFN2O3S. The molecule has 0 radical (unpaired) electrons. The van der Waals surface area contributed by atoms with Crippen molar-refractivity contribution >= 4 is 47.4 Å². The number of amides is 1. The minimum Gasteiger partial charge on any atom is -0.294 e. The van der Waals surface area contributed by atoms with Gasteiger partial charge in [0.2, 0.25) is 15.0 Å². The summed E-state index contributed by atoms with van der Waals surface area (Å²) in [7, 11) is 1.47. The summed E-state index contributed by atoms with van der Waals surface area (Å²) in [6, 6.07) is 1.20. The number of carbonyl (C=O) groups is 1. The van der Waals surface area contributed by atoms with E-state index in [1.165, 1.54) is 12.3 Å². The predicted octanol–water partition coefficient (Wildman–Crippen LogP) is 1.90. The van der Waals surface area contributed by atoms with Gasteiger partial charge in [-0.25, -0.2) is 17.8 Å². The molecule has 104 valence electrons. The van der Waals surface area contributed by atoms with Crippen LogP contribution in [-0.2, 0) is 13.8 Å². The van der Waals surface area contributed by atoms with Crippen LogP contribution in [0.4, 0.5) is 10.2 Å². The van der Waals surface area contributed by atoms with Gasteiger partial charge in [0.15, 0.2) is 11.6 Å². The third-order valence-electron chi connectivity index (χ3n) is 2.68. The highest BCUT2D eigenvalue weighted by atomic mass is 79.9. The van der Waals surface area contributed by atoms with Crippen LogP contribution in [0.15, 0.2) is 16.7 Å². The lowest BCUT2D eigenvalue weighted by Gasteiger charge is -2.16. The molecule has 2 heterocycles. The second kappa shape index (κ2) is 5.34. The van der Waals surface area contributed by atoms with Crippen molar-refractivity contribution in [2.45, 2.75) is 6.42 Å². The SMILES string of the molecule is O=C1CC(CS(=O)(=O)Cl)CN1c1ncc(Br)cc1F. The van der Waals surface area contributed by atoms with Gasteiger partial charge in [-0.3, -0.25) is 9.69 Å². The smallest absolute Gasteiger partial charge is 0.232 e. The molecule has 1 fully saturated rings. The summed E-state index contributed by atoms with van der Waals surface area (Å²) in [5.74, 6) is -1.85. The van der Waals surface area contributed by atoms with Crippen LogP contribution in [-0.4, -0.2) is 31.6 Å². The first-order chi connectivity index (χ1) is 8.76. The normalized spacial score (nSPS) is 20.1. The quantitative estimate of drug-likeness (QED) is 0.761. The Balaban J connectivity index is 2.20. The van der Waals surface area contributed by atoms with Crippen molar-refractivity contribution in [1.29, 1.82) is 0 Å². The van der Waals surface area contributed by atoms with E-state index >= 15 is 0 Å². The van der Waals surface area contributed by atoms with Crippen molar-refractivity contribution in [1.82, 2.24) is 4.98 Å². The van der Waals surface area contributed by atoms with Crippen molar-refractivity contribution in [3.63, 3.8) is 0 Å². The number of pyridine rings is 1. The van der Waals surface area contributed by atoms with E-state index < -0.39 is 20.8 Å². The maximum atomic E-state index is 13.7. The molecule has 0 aliphatic carbocycles. The van der Waals surface area contributed by atoms with Gasteiger partial charge in [0.25, 0.3) is 0 Å². The molecule has 1 unspecified atom stereocenters. The number of hydrogen-bond donors (Lipinski definition) is 0. The molecule has 9 heteroatoms. The van der Waals surface area contributed by atoms with Crippen molar-refractivity contribution < 1.29 is 17.6 Å². The Hall–Kier alpha value is -0.730. The summed E-state index contributed by atoms with van der Waals surface area (Å²) < 4.78 is 36.1. The van der Waals surface area contributed by atoms with Gasteiger partial charge < -0.3 is 0 Å². The Bertz CT molecular complexity index is 625. The highest BCUT2D eigenvalue weighted by molar-refractivity contribution is 9.10.